The monoisotopic (exact) mass is 286 g/mol. The van der Waals surface area contributed by atoms with Crippen LogP contribution in [0.3, 0.4) is 0 Å². The molecule has 6 heteroatoms. The molecule has 0 aromatic heterocycles. The number of esters is 1. The summed E-state index contributed by atoms with van der Waals surface area (Å²) in [7, 11) is 0. The molecule has 0 spiro atoms. The fourth-order valence-corrected chi connectivity index (χ4v) is 2.29. The van der Waals surface area contributed by atoms with E-state index in [1.54, 1.807) is 6.92 Å². The van der Waals surface area contributed by atoms with Crippen molar-refractivity contribution in [2.24, 2.45) is 5.41 Å². The molecular weight excluding hydrogens is 273 g/mol. The number of ether oxygens (including phenoxy) is 1. The number of carbonyl (C=O) groups is 2. The van der Waals surface area contributed by atoms with Crippen molar-refractivity contribution in [3.8, 4) is 0 Å². The maximum atomic E-state index is 13.4. The van der Waals surface area contributed by atoms with Crippen molar-refractivity contribution in [1.82, 2.24) is 0 Å². The van der Waals surface area contributed by atoms with Crippen molar-refractivity contribution in [3.05, 3.63) is 35.1 Å². The van der Waals surface area contributed by atoms with Gasteiger partial charge in [0.25, 0.3) is 6.43 Å². The van der Waals surface area contributed by atoms with Crippen LogP contribution in [0.15, 0.2) is 18.2 Å². The Hall–Kier alpha value is -1.85. The first-order valence-corrected chi connectivity index (χ1v) is 6.22. The van der Waals surface area contributed by atoms with Crippen LogP contribution in [-0.4, -0.2) is 24.8 Å². The van der Waals surface area contributed by atoms with Gasteiger partial charge in [-0.1, -0.05) is 13.0 Å². The molecule has 1 aromatic carbocycles. The fraction of sp³-hybridized carbons (Fsp3) is 0.429. The first kappa shape index (κ1) is 14.6. The molecule has 0 aliphatic heterocycles. The number of halogens is 3. The Labute approximate surface area is 113 Å². The average Bonchev–Trinajstić information content (AvgIpc) is 2.70. The minimum absolute atomic E-state index is 0.0364. The molecule has 108 valence electrons. The van der Waals surface area contributed by atoms with Gasteiger partial charge in [0.2, 0.25) is 0 Å². The van der Waals surface area contributed by atoms with Crippen LogP contribution < -0.4 is 0 Å². The first-order valence-electron chi connectivity index (χ1n) is 6.22. The number of hydrogen-bond acceptors (Lipinski definition) is 3. The molecule has 20 heavy (non-hydrogen) atoms. The summed E-state index contributed by atoms with van der Waals surface area (Å²) in [6.07, 6.45) is -3.20. The molecule has 1 aliphatic rings. The average molecular weight is 286 g/mol. The van der Waals surface area contributed by atoms with Gasteiger partial charge >= 0.3 is 5.97 Å². The summed E-state index contributed by atoms with van der Waals surface area (Å²) in [5.41, 5.74) is -2.46. The molecule has 1 aromatic rings. The van der Waals surface area contributed by atoms with Crippen molar-refractivity contribution in [1.29, 1.82) is 0 Å². The minimum Gasteiger partial charge on any atom is -0.465 e. The second-order valence-electron chi connectivity index (χ2n) is 4.72. The Morgan fingerprint density at radius 1 is 1.45 bits per heavy atom. The van der Waals surface area contributed by atoms with Crippen molar-refractivity contribution in [2.45, 2.75) is 26.2 Å². The molecule has 1 unspecified atom stereocenters. The third kappa shape index (κ3) is 2.09. The van der Waals surface area contributed by atoms with Gasteiger partial charge in [0.05, 0.1) is 6.61 Å². The predicted molar refractivity (Wildman–Crippen MR) is 64.1 cm³/mol. The van der Waals surface area contributed by atoms with Crippen LogP contribution in [0.2, 0.25) is 0 Å². The number of Topliss-reactive ketones (excluding diaryl/α,β-unsaturated/α-hetero) is 1. The van der Waals surface area contributed by atoms with E-state index >= 15 is 0 Å². The maximum absolute atomic E-state index is 13.4. The molecule has 0 amide bonds. The van der Waals surface area contributed by atoms with Crippen LogP contribution in [0.25, 0.3) is 0 Å². The van der Waals surface area contributed by atoms with E-state index in [2.05, 4.69) is 0 Å². The zero-order valence-electron chi connectivity index (χ0n) is 10.8. The van der Waals surface area contributed by atoms with Gasteiger partial charge in [-0.15, -0.1) is 0 Å². The zero-order valence-corrected chi connectivity index (χ0v) is 10.8. The van der Waals surface area contributed by atoms with Gasteiger partial charge in [-0.2, -0.15) is 0 Å². The highest BCUT2D eigenvalue weighted by molar-refractivity contribution is 6.16. The molecule has 0 bridgehead atoms. The molecule has 0 heterocycles. The van der Waals surface area contributed by atoms with E-state index in [1.807, 2.05) is 0 Å². The van der Waals surface area contributed by atoms with Crippen molar-refractivity contribution >= 4 is 11.8 Å². The lowest BCUT2D eigenvalue weighted by molar-refractivity contribution is -0.160. The summed E-state index contributed by atoms with van der Waals surface area (Å²) < 4.78 is 44.6. The highest BCUT2D eigenvalue weighted by Gasteiger charge is 2.59. The van der Waals surface area contributed by atoms with Gasteiger partial charge in [0.15, 0.2) is 11.2 Å². The van der Waals surface area contributed by atoms with E-state index in [0.29, 0.717) is 6.42 Å². The van der Waals surface area contributed by atoms with Crippen molar-refractivity contribution in [3.63, 3.8) is 0 Å². The Morgan fingerprint density at radius 3 is 2.75 bits per heavy atom. The highest BCUT2D eigenvalue weighted by Crippen LogP contribution is 2.42. The van der Waals surface area contributed by atoms with E-state index < -0.39 is 35.8 Å². The number of alkyl halides is 2. The quantitative estimate of drug-likeness (QED) is 0.631. The SMILES string of the molecule is CCCOC(=O)C1(C(F)F)Cc2ccc(F)cc2C1=O. The highest BCUT2D eigenvalue weighted by atomic mass is 19.3. The van der Waals surface area contributed by atoms with E-state index in [9.17, 15) is 22.8 Å². The summed E-state index contributed by atoms with van der Waals surface area (Å²) >= 11 is 0. The van der Waals surface area contributed by atoms with Crippen LogP contribution in [0.4, 0.5) is 13.2 Å². The largest absolute Gasteiger partial charge is 0.465 e. The van der Waals surface area contributed by atoms with E-state index in [4.69, 9.17) is 4.74 Å². The van der Waals surface area contributed by atoms with Crippen molar-refractivity contribution < 1.29 is 27.5 Å². The first-order chi connectivity index (χ1) is 9.43. The minimum atomic E-state index is -3.20. The van der Waals surface area contributed by atoms with Crippen LogP contribution in [-0.2, 0) is 16.0 Å². The van der Waals surface area contributed by atoms with Gasteiger partial charge in [0, 0.05) is 12.0 Å². The number of ketones is 1. The van der Waals surface area contributed by atoms with E-state index in [-0.39, 0.29) is 17.7 Å². The molecule has 2 rings (SSSR count). The summed E-state index contributed by atoms with van der Waals surface area (Å²) in [5.74, 6) is -3.01. The van der Waals surface area contributed by atoms with Gasteiger partial charge in [-0.3, -0.25) is 9.59 Å². The van der Waals surface area contributed by atoms with Gasteiger partial charge in [-0.05, 0) is 24.1 Å². The normalized spacial score (nSPS) is 21.1. The lowest BCUT2D eigenvalue weighted by Crippen LogP contribution is -2.45. The molecule has 0 N–H and O–H groups in total. The third-order valence-corrected chi connectivity index (χ3v) is 3.37. The standard InChI is InChI=1S/C14H13F3O3/c1-2-5-20-13(19)14(12(16)17)7-8-3-4-9(15)6-10(8)11(14)18/h3-4,6,12H,2,5,7H2,1H3. The van der Waals surface area contributed by atoms with Crippen molar-refractivity contribution in [2.75, 3.05) is 6.61 Å². The number of benzene rings is 1. The molecule has 0 fully saturated rings. The van der Waals surface area contributed by atoms with Gasteiger partial charge in [0.1, 0.15) is 5.82 Å². The lowest BCUT2D eigenvalue weighted by atomic mass is 9.84. The summed E-state index contributed by atoms with van der Waals surface area (Å²) in [4.78, 5) is 24.1. The molecule has 1 aliphatic carbocycles. The molecule has 0 radical (unpaired) electrons. The summed E-state index contributed by atoms with van der Waals surface area (Å²) in [6, 6.07) is 3.21. The topological polar surface area (TPSA) is 43.4 Å². The molecular formula is C14H13F3O3. The van der Waals surface area contributed by atoms with Crippen LogP contribution >= 0.6 is 0 Å². The second-order valence-corrected chi connectivity index (χ2v) is 4.72. The third-order valence-electron chi connectivity index (χ3n) is 3.37. The Balaban J connectivity index is 2.42. The van der Waals surface area contributed by atoms with Crippen LogP contribution in [0, 0.1) is 11.2 Å². The number of hydrogen-bond donors (Lipinski definition) is 0. The molecule has 0 saturated carbocycles. The maximum Gasteiger partial charge on any atom is 0.326 e. The zero-order chi connectivity index (χ0) is 14.9. The lowest BCUT2D eigenvalue weighted by Gasteiger charge is -2.23. The summed E-state index contributed by atoms with van der Waals surface area (Å²) in [6.45, 7) is 1.67. The van der Waals surface area contributed by atoms with E-state index in [1.165, 1.54) is 6.07 Å². The van der Waals surface area contributed by atoms with Crippen LogP contribution in [0.5, 0.6) is 0 Å². The molecule has 0 saturated heterocycles. The van der Waals surface area contributed by atoms with E-state index in [0.717, 1.165) is 12.1 Å². The van der Waals surface area contributed by atoms with Gasteiger partial charge < -0.3 is 4.74 Å². The summed E-state index contributed by atoms with van der Waals surface area (Å²) in [5, 5.41) is 0. The van der Waals surface area contributed by atoms with Gasteiger partial charge in [-0.25, -0.2) is 13.2 Å². The van der Waals surface area contributed by atoms with Crippen LogP contribution in [0.1, 0.15) is 29.3 Å². The number of rotatable bonds is 4. The fourth-order valence-electron chi connectivity index (χ4n) is 2.29. The molecule has 1 atom stereocenters. The predicted octanol–water partition coefficient (Wildman–Crippen LogP) is 2.77. The Bertz CT molecular complexity index is 557. The number of carbonyl (C=O) groups excluding carboxylic acids is 2. The molecule has 3 nitrogen and oxygen atoms in total. The second kappa shape index (κ2) is 5.26. The smallest absolute Gasteiger partial charge is 0.326 e. The Morgan fingerprint density at radius 2 is 2.15 bits per heavy atom. The Kier molecular flexibility index (Phi) is 3.83. The number of fused-ring (bicyclic) bond motifs is 1.